The standard InChI is InChI=1S/C28H29N3O2/c1-21-11-5-7-15-25(21)31-20-22(19-27(31)32)28-29-24-14-6-8-16-26(24)30(28)17-9-10-18-33-23-12-3-2-4-13-23/h2-8,11-16,22H,9-10,17-20H2,1H3/t22-/m0/s1. The number of ether oxygens (including phenoxy) is 1. The summed E-state index contributed by atoms with van der Waals surface area (Å²) >= 11 is 0. The normalized spacial score (nSPS) is 16.0. The van der Waals surface area contributed by atoms with E-state index in [2.05, 4.69) is 35.8 Å². The summed E-state index contributed by atoms with van der Waals surface area (Å²) in [7, 11) is 0. The molecular formula is C28H29N3O2. The zero-order valence-electron chi connectivity index (χ0n) is 19.0. The lowest BCUT2D eigenvalue weighted by Crippen LogP contribution is -2.25. The van der Waals surface area contributed by atoms with Crippen LogP contribution in [0.5, 0.6) is 5.75 Å². The second kappa shape index (κ2) is 9.49. The van der Waals surface area contributed by atoms with Gasteiger partial charge in [-0.05, 0) is 55.7 Å². The number of fused-ring (bicyclic) bond motifs is 1. The number of hydrogen-bond acceptors (Lipinski definition) is 3. The molecule has 0 spiro atoms. The number of rotatable bonds is 8. The summed E-state index contributed by atoms with van der Waals surface area (Å²) < 4.78 is 8.17. The van der Waals surface area contributed by atoms with Gasteiger partial charge in [0.1, 0.15) is 11.6 Å². The molecular weight excluding hydrogens is 410 g/mol. The molecule has 1 atom stereocenters. The Hall–Kier alpha value is -3.60. The van der Waals surface area contributed by atoms with Crippen LogP contribution in [0.4, 0.5) is 5.69 Å². The van der Waals surface area contributed by atoms with E-state index in [9.17, 15) is 4.79 Å². The highest BCUT2D eigenvalue weighted by Gasteiger charge is 2.35. The van der Waals surface area contributed by atoms with Crippen LogP contribution in [0.2, 0.25) is 0 Å². The molecule has 0 bridgehead atoms. The summed E-state index contributed by atoms with van der Waals surface area (Å²) in [6.07, 6.45) is 2.44. The van der Waals surface area contributed by atoms with Crippen LogP contribution in [0, 0.1) is 6.92 Å². The van der Waals surface area contributed by atoms with Crippen molar-refractivity contribution in [1.29, 1.82) is 0 Å². The van der Waals surface area contributed by atoms with Gasteiger partial charge in [-0.15, -0.1) is 0 Å². The van der Waals surface area contributed by atoms with Crippen molar-refractivity contribution >= 4 is 22.6 Å². The van der Waals surface area contributed by atoms with Crippen LogP contribution in [0.3, 0.4) is 0 Å². The van der Waals surface area contributed by atoms with Gasteiger partial charge in [0.25, 0.3) is 0 Å². The molecule has 168 valence electrons. The number of anilines is 1. The molecule has 2 heterocycles. The fourth-order valence-electron chi connectivity index (χ4n) is 4.70. The topological polar surface area (TPSA) is 47.4 Å². The van der Waals surface area contributed by atoms with E-state index in [0.29, 0.717) is 19.6 Å². The van der Waals surface area contributed by atoms with E-state index in [4.69, 9.17) is 9.72 Å². The zero-order chi connectivity index (χ0) is 22.6. The van der Waals surface area contributed by atoms with Gasteiger partial charge < -0.3 is 14.2 Å². The molecule has 5 rings (SSSR count). The van der Waals surface area contributed by atoms with E-state index in [1.165, 1.54) is 0 Å². The predicted molar refractivity (Wildman–Crippen MR) is 132 cm³/mol. The zero-order valence-corrected chi connectivity index (χ0v) is 19.0. The minimum Gasteiger partial charge on any atom is -0.494 e. The molecule has 0 radical (unpaired) electrons. The summed E-state index contributed by atoms with van der Waals surface area (Å²) in [6, 6.07) is 26.3. The Morgan fingerprint density at radius 1 is 0.939 bits per heavy atom. The summed E-state index contributed by atoms with van der Waals surface area (Å²) in [6.45, 7) is 4.28. The van der Waals surface area contributed by atoms with Crippen molar-refractivity contribution in [1.82, 2.24) is 9.55 Å². The van der Waals surface area contributed by atoms with E-state index >= 15 is 0 Å². The summed E-state index contributed by atoms with van der Waals surface area (Å²) in [5.41, 5.74) is 4.26. The first-order valence-electron chi connectivity index (χ1n) is 11.7. The van der Waals surface area contributed by atoms with Gasteiger partial charge in [-0.1, -0.05) is 48.5 Å². The molecule has 5 heteroatoms. The molecule has 1 amide bonds. The molecule has 0 aliphatic carbocycles. The number of benzene rings is 3. The summed E-state index contributed by atoms with van der Waals surface area (Å²) in [5, 5.41) is 0. The Morgan fingerprint density at radius 2 is 1.70 bits per heavy atom. The summed E-state index contributed by atoms with van der Waals surface area (Å²) in [5.74, 6) is 2.19. The molecule has 1 saturated heterocycles. The Bertz CT molecular complexity index is 1250. The number of aryl methyl sites for hydroxylation is 2. The quantitative estimate of drug-likeness (QED) is 0.330. The van der Waals surface area contributed by atoms with Crippen LogP contribution >= 0.6 is 0 Å². The van der Waals surface area contributed by atoms with Gasteiger partial charge >= 0.3 is 0 Å². The van der Waals surface area contributed by atoms with E-state index < -0.39 is 0 Å². The first-order valence-corrected chi connectivity index (χ1v) is 11.7. The van der Waals surface area contributed by atoms with E-state index in [1.807, 2.05) is 59.5 Å². The van der Waals surface area contributed by atoms with Crippen LogP contribution in [0.15, 0.2) is 78.9 Å². The second-order valence-electron chi connectivity index (χ2n) is 8.67. The number of unbranched alkanes of at least 4 members (excludes halogenated alkanes) is 1. The van der Waals surface area contributed by atoms with E-state index in [0.717, 1.165) is 53.2 Å². The molecule has 1 fully saturated rings. The Morgan fingerprint density at radius 3 is 2.55 bits per heavy atom. The number of aromatic nitrogens is 2. The van der Waals surface area contributed by atoms with Crippen LogP contribution in [-0.4, -0.2) is 28.6 Å². The second-order valence-corrected chi connectivity index (χ2v) is 8.67. The molecule has 1 aromatic heterocycles. The van der Waals surface area contributed by atoms with Crippen molar-refractivity contribution in [2.75, 3.05) is 18.1 Å². The number of carbonyl (C=O) groups is 1. The van der Waals surface area contributed by atoms with E-state index in [-0.39, 0.29) is 11.8 Å². The molecule has 5 nitrogen and oxygen atoms in total. The van der Waals surface area contributed by atoms with Gasteiger partial charge in [-0.25, -0.2) is 4.98 Å². The van der Waals surface area contributed by atoms with Gasteiger partial charge in [-0.2, -0.15) is 0 Å². The van der Waals surface area contributed by atoms with Crippen molar-refractivity contribution in [3.63, 3.8) is 0 Å². The molecule has 0 unspecified atom stereocenters. The Balaban J connectivity index is 1.32. The SMILES string of the molecule is Cc1ccccc1N1C[C@@H](c2nc3ccccc3n2CCCCOc2ccccc2)CC1=O. The maximum Gasteiger partial charge on any atom is 0.227 e. The lowest BCUT2D eigenvalue weighted by molar-refractivity contribution is -0.117. The van der Waals surface area contributed by atoms with Gasteiger partial charge in [0.05, 0.1) is 17.6 Å². The first kappa shape index (κ1) is 21.3. The smallest absolute Gasteiger partial charge is 0.227 e. The monoisotopic (exact) mass is 439 g/mol. The molecule has 0 N–H and O–H groups in total. The van der Waals surface area contributed by atoms with Crippen molar-refractivity contribution in [3.05, 3.63) is 90.3 Å². The number of carbonyl (C=O) groups excluding carboxylic acids is 1. The van der Waals surface area contributed by atoms with Crippen LogP contribution < -0.4 is 9.64 Å². The van der Waals surface area contributed by atoms with Gasteiger partial charge in [0.15, 0.2) is 0 Å². The lowest BCUT2D eigenvalue weighted by atomic mass is 10.1. The molecule has 0 saturated carbocycles. The van der Waals surface area contributed by atoms with Crippen LogP contribution in [0.1, 0.15) is 36.6 Å². The highest BCUT2D eigenvalue weighted by molar-refractivity contribution is 5.97. The number of imidazole rings is 1. The van der Waals surface area contributed by atoms with Gasteiger partial charge in [0.2, 0.25) is 5.91 Å². The minimum absolute atomic E-state index is 0.0880. The largest absolute Gasteiger partial charge is 0.494 e. The Kier molecular flexibility index (Phi) is 6.11. The maximum atomic E-state index is 12.9. The third kappa shape index (κ3) is 4.49. The number of para-hydroxylation sites is 4. The third-order valence-electron chi connectivity index (χ3n) is 6.37. The number of hydrogen-bond donors (Lipinski definition) is 0. The van der Waals surface area contributed by atoms with Crippen molar-refractivity contribution in [3.8, 4) is 5.75 Å². The van der Waals surface area contributed by atoms with Crippen LogP contribution in [-0.2, 0) is 11.3 Å². The molecule has 3 aromatic carbocycles. The van der Waals surface area contributed by atoms with Crippen LogP contribution in [0.25, 0.3) is 11.0 Å². The summed E-state index contributed by atoms with van der Waals surface area (Å²) in [4.78, 5) is 19.9. The first-order chi connectivity index (χ1) is 16.2. The average molecular weight is 440 g/mol. The third-order valence-corrected chi connectivity index (χ3v) is 6.37. The van der Waals surface area contributed by atoms with Crippen molar-refractivity contribution in [2.24, 2.45) is 0 Å². The molecule has 33 heavy (non-hydrogen) atoms. The highest BCUT2D eigenvalue weighted by atomic mass is 16.5. The van der Waals surface area contributed by atoms with E-state index in [1.54, 1.807) is 0 Å². The lowest BCUT2D eigenvalue weighted by Gasteiger charge is -2.19. The molecule has 4 aromatic rings. The Labute approximate surface area is 194 Å². The highest BCUT2D eigenvalue weighted by Crippen LogP contribution is 2.34. The van der Waals surface area contributed by atoms with Gasteiger partial charge in [0, 0.05) is 31.1 Å². The van der Waals surface area contributed by atoms with Crippen molar-refractivity contribution < 1.29 is 9.53 Å². The maximum absolute atomic E-state index is 12.9. The fraction of sp³-hybridized carbons (Fsp3) is 0.286. The van der Waals surface area contributed by atoms with Gasteiger partial charge in [-0.3, -0.25) is 4.79 Å². The predicted octanol–water partition coefficient (Wildman–Crippen LogP) is 5.72. The average Bonchev–Trinajstić information content (AvgIpc) is 3.40. The minimum atomic E-state index is 0.0880. The fourth-order valence-corrected chi connectivity index (χ4v) is 4.70. The number of amides is 1. The molecule has 1 aliphatic heterocycles. The van der Waals surface area contributed by atoms with Crippen molar-refractivity contribution in [2.45, 2.75) is 38.6 Å². The number of nitrogens with zero attached hydrogens (tertiary/aromatic N) is 3. The molecule has 1 aliphatic rings.